The van der Waals surface area contributed by atoms with Crippen molar-refractivity contribution >= 4 is 45.9 Å². The van der Waals surface area contributed by atoms with Crippen molar-refractivity contribution in [3.8, 4) is 5.75 Å². The quantitative estimate of drug-likeness (QED) is 0.338. The van der Waals surface area contributed by atoms with Crippen LogP contribution in [0.1, 0.15) is 28.1 Å². The van der Waals surface area contributed by atoms with Crippen LogP contribution in [0, 0.1) is 31.3 Å². The van der Waals surface area contributed by atoms with Gasteiger partial charge in [0.1, 0.15) is 5.75 Å². The lowest BCUT2D eigenvalue weighted by Crippen LogP contribution is -2.16. The number of hydrogen-bond acceptors (Lipinski definition) is 6. The Morgan fingerprint density at radius 1 is 1.10 bits per heavy atom. The third kappa shape index (κ3) is 5.72. The lowest BCUT2D eigenvalue weighted by molar-refractivity contribution is -0.113. The van der Waals surface area contributed by atoms with Crippen molar-refractivity contribution in [2.75, 3.05) is 11.1 Å². The van der Waals surface area contributed by atoms with Gasteiger partial charge in [0.15, 0.2) is 6.61 Å². The second-order valence-corrected chi connectivity index (χ2v) is 8.89. The summed E-state index contributed by atoms with van der Waals surface area (Å²) in [5.74, 6) is 1.26. The second-order valence-electron chi connectivity index (χ2n) is 6.72. The van der Waals surface area contributed by atoms with Gasteiger partial charge in [-0.2, -0.15) is 0 Å². The van der Waals surface area contributed by atoms with Gasteiger partial charge in [-0.25, -0.2) is 0 Å². The molecule has 0 atom stereocenters. The van der Waals surface area contributed by atoms with Crippen molar-refractivity contribution < 1.29 is 13.9 Å². The summed E-state index contributed by atoms with van der Waals surface area (Å²) < 4.78 is 12.6. The summed E-state index contributed by atoms with van der Waals surface area (Å²) in [7, 11) is 0. The predicted octanol–water partition coefficient (Wildman–Crippen LogP) is 5.22. The van der Waals surface area contributed by atoms with E-state index in [-0.39, 0.29) is 18.3 Å². The topological polar surface area (TPSA) is 77.2 Å². The van der Waals surface area contributed by atoms with E-state index in [0.29, 0.717) is 11.1 Å². The number of para-hydroxylation sites is 1. The van der Waals surface area contributed by atoms with Crippen LogP contribution in [-0.4, -0.2) is 21.9 Å². The summed E-state index contributed by atoms with van der Waals surface area (Å²) in [5.41, 5.74) is 5.03. The Kier molecular flexibility index (Phi) is 7.18. The maximum Gasteiger partial charge on any atom is 0.277 e. The molecule has 0 saturated carbocycles. The minimum Gasteiger partial charge on any atom is -0.483 e. The van der Waals surface area contributed by atoms with Crippen molar-refractivity contribution in [2.45, 2.75) is 39.5 Å². The van der Waals surface area contributed by atoms with E-state index in [1.807, 2.05) is 58.0 Å². The summed E-state index contributed by atoms with van der Waals surface area (Å²) in [6.07, 6.45) is 0. The Balaban J connectivity index is 1.53. The summed E-state index contributed by atoms with van der Waals surface area (Å²) >= 11 is 3.47. The van der Waals surface area contributed by atoms with E-state index >= 15 is 0 Å². The number of aromatic nitrogens is 2. The van der Waals surface area contributed by atoms with Gasteiger partial charge in [-0.1, -0.05) is 30.0 Å². The van der Waals surface area contributed by atoms with Crippen molar-refractivity contribution in [1.29, 1.82) is 0 Å². The minimum atomic E-state index is -0.117. The Morgan fingerprint density at radius 3 is 2.41 bits per heavy atom. The number of hydrogen-bond donors (Lipinski definition) is 1. The van der Waals surface area contributed by atoms with Crippen LogP contribution in [0.25, 0.3) is 0 Å². The van der Waals surface area contributed by atoms with E-state index in [1.54, 1.807) is 0 Å². The van der Waals surface area contributed by atoms with Crippen LogP contribution in [0.15, 0.2) is 40.0 Å². The van der Waals surface area contributed by atoms with Crippen molar-refractivity contribution in [3.05, 3.63) is 62.0 Å². The van der Waals surface area contributed by atoms with Crippen LogP contribution in [0.4, 0.5) is 5.69 Å². The van der Waals surface area contributed by atoms with Crippen LogP contribution in [0.5, 0.6) is 5.75 Å². The van der Waals surface area contributed by atoms with E-state index in [9.17, 15) is 4.79 Å². The number of benzene rings is 2. The number of thioether (sulfide) groups is 1. The summed E-state index contributed by atoms with van der Waals surface area (Å²) in [6.45, 7) is 8.14. The summed E-state index contributed by atoms with van der Waals surface area (Å²) in [4.78, 5) is 12.3. The van der Waals surface area contributed by atoms with E-state index in [1.165, 1.54) is 11.8 Å². The molecule has 1 heterocycles. The average Bonchev–Trinajstić information content (AvgIpc) is 3.10. The number of carbonyl (C=O) groups is 1. The molecule has 3 rings (SSSR count). The maximum absolute atomic E-state index is 12.3. The molecule has 152 valence electrons. The molecular weight excluding hydrogens is 501 g/mol. The highest BCUT2D eigenvalue weighted by Gasteiger charge is 2.13. The van der Waals surface area contributed by atoms with Gasteiger partial charge in [-0.05, 0) is 84.7 Å². The lowest BCUT2D eigenvalue weighted by atomic mass is 10.1. The van der Waals surface area contributed by atoms with E-state index < -0.39 is 0 Å². The largest absolute Gasteiger partial charge is 0.483 e. The van der Waals surface area contributed by atoms with Gasteiger partial charge in [-0.15, -0.1) is 10.2 Å². The van der Waals surface area contributed by atoms with Gasteiger partial charge in [-0.3, -0.25) is 4.79 Å². The monoisotopic (exact) mass is 523 g/mol. The molecule has 0 spiro atoms. The molecule has 8 heteroatoms. The van der Waals surface area contributed by atoms with Crippen molar-refractivity contribution in [1.82, 2.24) is 10.2 Å². The third-order valence-corrected chi connectivity index (χ3v) is 5.73. The Hall–Kier alpha value is -2.07. The first-order valence-electron chi connectivity index (χ1n) is 9.04. The van der Waals surface area contributed by atoms with E-state index in [0.717, 1.165) is 37.3 Å². The average molecular weight is 523 g/mol. The fraction of sp³-hybridized carbons (Fsp3) is 0.286. The SMILES string of the molecule is Cc1cc(I)cc(C)c1NC(=O)CSc1nnc(COc2c(C)cccc2C)o1. The number of aryl methyl sites for hydroxylation is 4. The van der Waals surface area contributed by atoms with Crippen molar-refractivity contribution in [2.24, 2.45) is 0 Å². The molecule has 0 unspecified atom stereocenters. The number of anilines is 1. The number of carbonyl (C=O) groups excluding carboxylic acids is 1. The highest BCUT2D eigenvalue weighted by molar-refractivity contribution is 14.1. The molecule has 3 aromatic rings. The van der Waals surface area contributed by atoms with Gasteiger partial charge < -0.3 is 14.5 Å². The highest BCUT2D eigenvalue weighted by Crippen LogP contribution is 2.25. The molecule has 6 nitrogen and oxygen atoms in total. The summed E-state index contributed by atoms with van der Waals surface area (Å²) in [6, 6.07) is 10.1. The van der Waals surface area contributed by atoms with E-state index in [2.05, 4.69) is 38.1 Å². The molecule has 1 aromatic heterocycles. The van der Waals surface area contributed by atoms with Crippen LogP contribution >= 0.6 is 34.4 Å². The number of halogens is 1. The molecule has 0 saturated heterocycles. The fourth-order valence-electron chi connectivity index (χ4n) is 2.93. The molecule has 0 aliphatic rings. The van der Waals surface area contributed by atoms with Gasteiger partial charge >= 0.3 is 0 Å². The predicted molar refractivity (Wildman–Crippen MR) is 123 cm³/mol. The molecule has 2 aromatic carbocycles. The molecule has 1 amide bonds. The molecule has 1 N–H and O–H groups in total. The Morgan fingerprint density at radius 2 is 1.76 bits per heavy atom. The van der Waals surface area contributed by atoms with Crippen molar-refractivity contribution in [3.63, 3.8) is 0 Å². The van der Waals surface area contributed by atoms with Gasteiger partial charge in [0.25, 0.3) is 11.1 Å². The Labute approximate surface area is 188 Å². The fourth-order valence-corrected chi connectivity index (χ4v) is 4.44. The zero-order chi connectivity index (χ0) is 21.0. The molecule has 0 aliphatic heterocycles. The smallest absolute Gasteiger partial charge is 0.277 e. The molecule has 0 fully saturated rings. The van der Waals surface area contributed by atoms with Crippen LogP contribution in [0.3, 0.4) is 0 Å². The Bertz CT molecular complexity index is 993. The molecule has 0 bridgehead atoms. The normalized spacial score (nSPS) is 10.8. The third-order valence-electron chi connectivity index (χ3n) is 4.29. The van der Waals surface area contributed by atoms with Crippen LogP contribution < -0.4 is 10.1 Å². The first-order valence-corrected chi connectivity index (χ1v) is 11.1. The van der Waals surface area contributed by atoms with Gasteiger partial charge in [0, 0.05) is 9.26 Å². The number of rotatable bonds is 7. The number of nitrogens with zero attached hydrogens (tertiary/aromatic N) is 2. The standard InChI is InChI=1S/C21H22IN3O3S/c1-12-6-5-7-13(2)20(12)27-10-18-24-25-21(28-18)29-11-17(26)23-19-14(3)8-16(22)9-15(19)4/h5-9H,10-11H2,1-4H3,(H,23,26). The van der Waals surface area contributed by atoms with Gasteiger partial charge in [0.2, 0.25) is 5.91 Å². The highest BCUT2D eigenvalue weighted by atomic mass is 127. The zero-order valence-electron chi connectivity index (χ0n) is 16.7. The van der Waals surface area contributed by atoms with E-state index in [4.69, 9.17) is 9.15 Å². The number of ether oxygens (including phenoxy) is 1. The molecule has 0 radical (unpaired) electrons. The zero-order valence-corrected chi connectivity index (χ0v) is 19.7. The number of amides is 1. The minimum absolute atomic E-state index is 0.117. The molecule has 0 aliphatic carbocycles. The van der Waals surface area contributed by atoms with Crippen LogP contribution in [0.2, 0.25) is 0 Å². The van der Waals surface area contributed by atoms with Gasteiger partial charge in [0.05, 0.1) is 5.75 Å². The summed E-state index contributed by atoms with van der Waals surface area (Å²) in [5, 5.41) is 11.3. The number of nitrogens with one attached hydrogen (secondary N) is 1. The maximum atomic E-state index is 12.3. The molecular formula is C21H22IN3O3S. The first-order chi connectivity index (χ1) is 13.8. The lowest BCUT2D eigenvalue weighted by Gasteiger charge is -2.11. The van der Waals surface area contributed by atoms with Crippen LogP contribution in [-0.2, 0) is 11.4 Å². The molecule has 29 heavy (non-hydrogen) atoms. The second kappa shape index (κ2) is 9.62. The first kappa shape index (κ1) is 21.6.